The van der Waals surface area contributed by atoms with Crippen LogP contribution in [0.2, 0.25) is 0 Å². The topological polar surface area (TPSA) is 56.9 Å². The van der Waals surface area contributed by atoms with Crippen LogP contribution in [0, 0.1) is 17.3 Å². The highest BCUT2D eigenvalue weighted by Gasteiger charge is 2.45. The lowest BCUT2D eigenvalue weighted by atomic mass is 9.64. The van der Waals surface area contributed by atoms with Crippen molar-refractivity contribution in [2.24, 2.45) is 17.3 Å². The molecule has 1 aliphatic carbocycles. The second-order valence-corrected chi connectivity index (χ2v) is 7.96. The van der Waals surface area contributed by atoms with Gasteiger partial charge in [0.2, 0.25) is 0 Å². The van der Waals surface area contributed by atoms with Gasteiger partial charge in [-0.1, -0.05) is 0 Å². The highest BCUT2D eigenvalue weighted by atomic mass is 16.3. The molecule has 2 saturated heterocycles. The Bertz CT molecular complexity index is 559. The van der Waals surface area contributed by atoms with E-state index in [1.165, 1.54) is 25.6 Å². The smallest absolute Gasteiger partial charge is 0.289 e. The van der Waals surface area contributed by atoms with E-state index in [1.807, 2.05) is 4.90 Å². The molecule has 5 heteroatoms. The second kappa shape index (κ2) is 6.52. The van der Waals surface area contributed by atoms with E-state index in [1.54, 1.807) is 12.1 Å². The SMILES string of the molecule is O=C(c1ccco1)N1CCC2(CCN(CC3CC3)CC2)[C@H](CO)C1. The average Bonchev–Trinajstić information content (AvgIpc) is 3.25. The van der Waals surface area contributed by atoms with Gasteiger partial charge >= 0.3 is 0 Å². The Morgan fingerprint density at radius 1 is 1.25 bits per heavy atom. The Morgan fingerprint density at radius 3 is 2.62 bits per heavy atom. The zero-order chi connectivity index (χ0) is 16.6. The molecule has 3 heterocycles. The van der Waals surface area contributed by atoms with Crippen LogP contribution >= 0.6 is 0 Å². The first-order valence-electron chi connectivity index (χ1n) is 9.36. The number of furan rings is 1. The monoisotopic (exact) mass is 332 g/mol. The number of rotatable bonds is 4. The Labute approximate surface area is 143 Å². The van der Waals surface area contributed by atoms with Gasteiger partial charge in [0.25, 0.3) is 5.91 Å². The van der Waals surface area contributed by atoms with Gasteiger partial charge in [-0.3, -0.25) is 4.79 Å². The van der Waals surface area contributed by atoms with E-state index in [2.05, 4.69) is 4.90 Å². The molecule has 24 heavy (non-hydrogen) atoms. The van der Waals surface area contributed by atoms with Gasteiger partial charge in [0.15, 0.2) is 5.76 Å². The second-order valence-electron chi connectivity index (χ2n) is 7.96. The summed E-state index contributed by atoms with van der Waals surface area (Å²) in [5, 5.41) is 9.98. The molecule has 0 radical (unpaired) electrons. The molecule has 0 bridgehead atoms. The van der Waals surface area contributed by atoms with Gasteiger partial charge in [-0.2, -0.15) is 0 Å². The largest absolute Gasteiger partial charge is 0.459 e. The highest BCUT2D eigenvalue weighted by Crippen LogP contribution is 2.46. The third-order valence-corrected chi connectivity index (χ3v) is 6.49. The van der Waals surface area contributed by atoms with E-state index in [0.717, 1.165) is 44.8 Å². The Morgan fingerprint density at radius 2 is 2.00 bits per heavy atom. The predicted octanol–water partition coefficient (Wildman–Crippen LogP) is 2.23. The average molecular weight is 332 g/mol. The van der Waals surface area contributed by atoms with Gasteiger partial charge in [-0.25, -0.2) is 0 Å². The molecule has 1 spiro atoms. The van der Waals surface area contributed by atoms with Gasteiger partial charge in [-0.15, -0.1) is 0 Å². The summed E-state index contributed by atoms with van der Waals surface area (Å²) in [7, 11) is 0. The zero-order valence-corrected chi connectivity index (χ0v) is 14.3. The molecule has 2 aliphatic heterocycles. The fourth-order valence-electron chi connectivity index (χ4n) is 4.61. The lowest BCUT2D eigenvalue weighted by Gasteiger charge is -2.51. The van der Waals surface area contributed by atoms with Gasteiger partial charge in [0, 0.05) is 32.2 Å². The van der Waals surface area contributed by atoms with Gasteiger partial charge in [0.05, 0.1) is 6.26 Å². The molecule has 1 atom stereocenters. The molecule has 1 aromatic rings. The van der Waals surface area contributed by atoms with Crippen molar-refractivity contribution >= 4 is 5.91 Å². The Balaban J connectivity index is 1.38. The van der Waals surface area contributed by atoms with Gasteiger partial charge < -0.3 is 19.3 Å². The fraction of sp³-hybridized carbons (Fsp3) is 0.737. The van der Waals surface area contributed by atoms with E-state index in [0.29, 0.717) is 12.3 Å². The number of aliphatic hydroxyl groups excluding tert-OH is 1. The fourth-order valence-corrected chi connectivity index (χ4v) is 4.61. The number of carbonyl (C=O) groups excluding carboxylic acids is 1. The number of likely N-dealkylation sites (tertiary alicyclic amines) is 2. The first-order chi connectivity index (χ1) is 11.7. The molecule has 1 N–H and O–H groups in total. The third kappa shape index (κ3) is 3.11. The predicted molar refractivity (Wildman–Crippen MR) is 90.6 cm³/mol. The molecule has 5 nitrogen and oxygen atoms in total. The summed E-state index contributed by atoms with van der Waals surface area (Å²) in [5.41, 5.74) is 0.217. The molecule has 0 unspecified atom stereocenters. The zero-order valence-electron chi connectivity index (χ0n) is 14.3. The number of amides is 1. The minimum atomic E-state index is -0.0422. The standard InChI is InChI=1S/C19H28N2O3/c22-14-16-13-21(18(23)17-2-1-11-24-17)10-7-19(16)5-8-20(9-6-19)12-15-3-4-15/h1-2,11,15-16,22H,3-10,12-14H2/t16-/m0/s1. The number of nitrogens with zero attached hydrogens (tertiary/aromatic N) is 2. The molecular formula is C19H28N2O3. The maximum atomic E-state index is 12.5. The van der Waals surface area contributed by atoms with Gasteiger partial charge in [0.1, 0.15) is 0 Å². The third-order valence-electron chi connectivity index (χ3n) is 6.49. The summed E-state index contributed by atoms with van der Waals surface area (Å²) < 4.78 is 5.25. The van der Waals surface area contributed by atoms with E-state index in [9.17, 15) is 9.90 Å². The quantitative estimate of drug-likeness (QED) is 0.919. The van der Waals surface area contributed by atoms with Crippen molar-refractivity contribution in [1.82, 2.24) is 9.80 Å². The van der Waals surface area contributed by atoms with Gasteiger partial charge in [-0.05, 0) is 68.7 Å². The molecule has 0 aromatic carbocycles. The Hall–Kier alpha value is -1.33. The molecule has 3 fully saturated rings. The van der Waals surface area contributed by atoms with Crippen molar-refractivity contribution in [3.05, 3.63) is 24.2 Å². The first kappa shape index (κ1) is 16.2. The number of aliphatic hydroxyl groups is 1. The van der Waals surface area contributed by atoms with Crippen LogP contribution in [0.15, 0.2) is 22.8 Å². The van der Waals surface area contributed by atoms with Crippen LogP contribution < -0.4 is 0 Å². The van der Waals surface area contributed by atoms with E-state index in [-0.39, 0.29) is 23.8 Å². The number of piperidine rings is 2. The summed E-state index contributed by atoms with van der Waals surface area (Å²) >= 11 is 0. The molecule has 4 rings (SSSR count). The maximum absolute atomic E-state index is 12.5. The van der Waals surface area contributed by atoms with Crippen molar-refractivity contribution < 1.29 is 14.3 Å². The van der Waals surface area contributed by atoms with Crippen LogP contribution in [0.1, 0.15) is 42.7 Å². The summed E-state index contributed by atoms with van der Waals surface area (Å²) in [6, 6.07) is 3.47. The molecule has 1 amide bonds. The van der Waals surface area contributed by atoms with E-state index in [4.69, 9.17) is 4.42 Å². The summed E-state index contributed by atoms with van der Waals surface area (Å²) in [6.07, 6.45) is 7.68. The highest BCUT2D eigenvalue weighted by molar-refractivity contribution is 5.91. The van der Waals surface area contributed by atoms with Crippen LogP contribution in [-0.4, -0.2) is 60.1 Å². The normalized spacial score (nSPS) is 27.5. The summed E-state index contributed by atoms with van der Waals surface area (Å²) in [4.78, 5) is 17.0. The Kier molecular flexibility index (Phi) is 4.39. The summed E-state index contributed by atoms with van der Waals surface area (Å²) in [6.45, 7) is 5.17. The minimum Gasteiger partial charge on any atom is -0.459 e. The van der Waals surface area contributed by atoms with Crippen molar-refractivity contribution in [1.29, 1.82) is 0 Å². The lowest BCUT2D eigenvalue weighted by Crippen LogP contribution is -2.54. The molecule has 132 valence electrons. The van der Waals surface area contributed by atoms with E-state index < -0.39 is 0 Å². The number of hydrogen-bond donors (Lipinski definition) is 1. The molecule has 1 aromatic heterocycles. The lowest BCUT2D eigenvalue weighted by molar-refractivity contribution is -0.0363. The van der Waals surface area contributed by atoms with Crippen LogP contribution in [0.25, 0.3) is 0 Å². The van der Waals surface area contributed by atoms with Crippen molar-refractivity contribution in [3.8, 4) is 0 Å². The van der Waals surface area contributed by atoms with Crippen LogP contribution in [0.3, 0.4) is 0 Å². The van der Waals surface area contributed by atoms with E-state index >= 15 is 0 Å². The van der Waals surface area contributed by atoms with Crippen LogP contribution in [0.4, 0.5) is 0 Å². The minimum absolute atomic E-state index is 0.0422. The first-order valence-corrected chi connectivity index (χ1v) is 9.36. The number of hydrogen-bond acceptors (Lipinski definition) is 4. The van der Waals surface area contributed by atoms with Crippen LogP contribution in [0.5, 0.6) is 0 Å². The number of carbonyl (C=O) groups is 1. The molecular weight excluding hydrogens is 304 g/mol. The van der Waals surface area contributed by atoms with Crippen LogP contribution in [-0.2, 0) is 0 Å². The molecule has 1 saturated carbocycles. The summed E-state index contributed by atoms with van der Waals surface area (Å²) in [5.74, 6) is 1.50. The molecule has 3 aliphatic rings. The maximum Gasteiger partial charge on any atom is 0.289 e. The van der Waals surface area contributed by atoms with Crippen molar-refractivity contribution in [2.75, 3.05) is 39.3 Å². The van der Waals surface area contributed by atoms with Crippen molar-refractivity contribution in [2.45, 2.75) is 32.1 Å². The van der Waals surface area contributed by atoms with Crippen molar-refractivity contribution in [3.63, 3.8) is 0 Å².